The Balaban J connectivity index is 1.14. The van der Waals surface area contributed by atoms with E-state index in [2.05, 4.69) is 29.5 Å². The van der Waals surface area contributed by atoms with Crippen molar-refractivity contribution in [2.45, 2.75) is 76.3 Å². The van der Waals surface area contributed by atoms with Gasteiger partial charge in [-0.15, -0.1) is 0 Å². The molecule has 3 heterocycles. The molecule has 32 heavy (non-hydrogen) atoms. The van der Waals surface area contributed by atoms with Crippen molar-refractivity contribution in [3.8, 4) is 0 Å². The van der Waals surface area contributed by atoms with E-state index >= 15 is 0 Å². The van der Waals surface area contributed by atoms with Crippen molar-refractivity contribution in [3.05, 3.63) is 23.5 Å². The third kappa shape index (κ3) is 3.47. The second kappa shape index (κ2) is 6.87. The fourth-order valence-corrected chi connectivity index (χ4v) is 9.46. The second-order valence-electron chi connectivity index (χ2n) is 11.5. The molecule has 1 aromatic rings. The van der Waals surface area contributed by atoms with Gasteiger partial charge in [0.1, 0.15) is 0 Å². The van der Waals surface area contributed by atoms with Gasteiger partial charge in [-0.25, -0.2) is 17.2 Å². The fraction of sp³-hybridized carbons (Fsp3) is 0.792. The third-order valence-electron chi connectivity index (χ3n) is 8.79. The van der Waals surface area contributed by atoms with Gasteiger partial charge in [0.05, 0.1) is 17.2 Å². The van der Waals surface area contributed by atoms with Crippen molar-refractivity contribution >= 4 is 15.4 Å². The van der Waals surface area contributed by atoms with Gasteiger partial charge in [-0.2, -0.15) is 5.10 Å². The fourth-order valence-electron chi connectivity index (χ4n) is 7.21. The summed E-state index contributed by atoms with van der Waals surface area (Å²) in [7, 11) is -2.78. The quantitative estimate of drug-likeness (QED) is 0.666. The van der Waals surface area contributed by atoms with E-state index in [1.54, 1.807) is 6.08 Å². The number of halogens is 2. The number of nitrogens with zero attached hydrogens (tertiary/aromatic N) is 3. The van der Waals surface area contributed by atoms with Gasteiger partial charge in [-0.3, -0.25) is 9.58 Å². The molecular weight excluding hydrogens is 432 g/mol. The Morgan fingerprint density at radius 2 is 1.88 bits per heavy atom. The van der Waals surface area contributed by atoms with Crippen LogP contribution in [-0.2, 0) is 9.84 Å². The Morgan fingerprint density at radius 3 is 2.47 bits per heavy atom. The molecule has 1 aromatic heterocycles. The van der Waals surface area contributed by atoms with Gasteiger partial charge < -0.3 is 0 Å². The second-order valence-corrected chi connectivity index (χ2v) is 13.6. The minimum atomic E-state index is -2.78. The summed E-state index contributed by atoms with van der Waals surface area (Å²) in [6.07, 6.45) is 5.22. The number of rotatable bonds is 4. The summed E-state index contributed by atoms with van der Waals surface area (Å²) in [4.78, 5) is 2.57. The van der Waals surface area contributed by atoms with Crippen molar-refractivity contribution in [2.24, 2.45) is 17.3 Å². The molecule has 8 heteroatoms. The van der Waals surface area contributed by atoms with Crippen molar-refractivity contribution in [2.75, 3.05) is 24.6 Å². The van der Waals surface area contributed by atoms with Gasteiger partial charge in [0, 0.05) is 48.5 Å². The lowest BCUT2D eigenvalue weighted by molar-refractivity contribution is -0.00606. The topological polar surface area (TPSA) is 55.2 Å². The Kier molecular flexibility index (Phi) is 4.57. The predicted octanol–water partition coefficient (Wildman–Crippen LogP) is 4.28. The molecular formula is C24H33F2N3O2S. The van der Waals surface area contributed by atoms with Crippen molar-refractivity contribution in [3.63, 3.8) is 0 Å². The summed E-state index contributed by atoms with van der Waals surface area (Å²) in [5.41, 5.74) is 3.18. The standard InChI is InChI=1S/C24H33F2N3O2S/c1-15(2)29-21(11-20(27-29)16-3-5-24(25,26)6-4-16)22-18-9-17(10-19(18)22)28-8-7-23(12-28)13-32(30,31)14-23/h3,11,15,17-19,22H,4-10,12-14H2,1-2H3/t17?,18-,19+,22?. The van der Waals surface area contributed by atoms with E-state index in [4.69, 9.17) is 5.10 Å². The zero-order valence-electron chi connectivity index (χ0n) is 18.9. The highest BCUT2D eigenvalue weighted by Crippen LogP contribution is 2.64. The number of likely N-dealkylation sites (tertiary alicyclic amines) is 1. The monoisotopic (exact) mass is 465 g/mol. The molecule has 0 amide bonds. The summed E-state index contributed by atoms with van der Waals surface area (Å²) >= 11 is 0. The molecule has 2 saturated heterocycles. The molecule has 4 atom stereocenters. The molecule has 0 aromatic carbocycles. The highest BCUT2D eigenvalue weighted by atomic mass is 32.2. The van der Waals surface area contributed by atoms with Crippen LogP contribution in [0.4, 0.5) is 8.78 Å². The number of fused-ring (bicyclic) bond motifs is 1. The summed E-state index contributed by atoms with van der Waals surface area (Å²) in [5.74, 6) is 0.0731. The number of aromatic nitrogens is 2. The molecule has 3 aliphatic carbocycles. The Hall–Kier alpha value is -1.28. The molecule has 0 N–H and O–H groups in total. The van der Waals surface area contributed by atoms with Gasteiger partial charge in [0.15, 0.2) is 9.84 Å². The van der Waals surface area contributed by atoms with E-state index in [1.807, 2.05) is 0 Å². The number of hydrogen-bond acceptors (Lipinski definition) is 4. The van der Waals surface area contributed by atoms with Crippen LogP contribution in [0.1, 0.15) is 75.7 Å². The van der Waals surface area contributed by atoms with Gasteiger partial charge >= 0.3 is 0 Å². The normalized spacial score (nSPS) is 36.8. The largest absolute Gasteiger partial charge is 0.300 e. The molecule has 0 bridgehead atoms. The first-order valence-corrected chi connectivity index (χ1v) is 14.0. The molecule has 176 valence electrons. The lowest BCUT2D eigenvalue weighted by Crippen LogP contribution is -2.50. The van der Waals surface area contributed by atoms with E-state index in [0.29, 0.717) is 41.7 Å². The van der Waals surface area contributed by atoms with Crippen molar-refractivity contribution in [1.29, 1.82) is 0 Å². The highest BCUT2D eigenvalue weighted by Gasteiger charge is 2.60. The lowest BCUT2D eigenvalue weighted by atomic mass is 9.91. The van der Waals surface area contributed by atoms with Crippen LogP contribution in [0, 0.1) is 17.3 Å². The van der Waals surface area contributed by atoms with Crippen molar-refractivity contribution < 1.29 is 17.2 Å². The number of alkyl halides is 2. The maximum Gasteiger partial charge on any atom is 0.251 e. The minimum Gasteiger partial charge on any atom is -0.300 e. The average molecular weight is 466 g/mol. The van der Waals surface area contributed by atoms with Crippen LogP contribution in [0.2, 0.25) is 0 Å². The van der Waals surface area contributed by atoms with E-state index in [0.717, 1.165) is 30.8 Å². The zero-order chi connectivity index (χ0) is 22.5. The zero-order valence-corrected chi connectivity index (χ0v) is 19.8. The molecule has 0 radical (unpaired) electrons. The SMILES string of the molecule is CC(C)n1nc(C2=CCC(F)(F)CC2)cc1C1[C@H]2CC(N3CCC4(C3)CS(=O)(=O)C4)C[C@@H]12. The van der Waals surface area contributed by atoms with E-state index < -0.39 is 15.8 Å². The van der Waals surface area contributed by atoms with Crippen LogP contribution in [0.5, 0.6) is 0 Å². The predicted molar refractivity (Wildman–Crippen MR) is 119 cm³/mol. The summed E-state index contributed by atoms with van der Waals surface area (Å²) in [6.45, 7) is 6.27. The van der Waals surface area contributed by atoms with Crippen LogP contribution in [0.15, 0.2) is 12.1 Å². The van der Waals surface area contributed by atoms with Gasteiger partial charge in [0.25, 0.3) is 5.92 Å². The van der Waals surface area contributed by atoms with Gasteiger partial charge in [-0.05, 0) is 69.6 Å². The number of hydrogen-bond donors (Lipinski definition) is 0. The summed E-state index contributed by atoms with van der Waals surface area (Å²) in [5, 5.41) is 4.85. The Labute approximate surface area is 189 Å². The molecule has 4 fully saturated rings. The minimum absolute atomic E-state index is 0.0424. The summed E-state index contributed by atoms with van der Waals surface area (Å²) < 4.78 is 52.7. The van der Waals surface area contributed by atoms with Crippen LogP contribution in [0.3, 0.4) is 0 Å². The number of sulfone groups is 1. The first kappa shape index (κ1) is 21.3. The van der Waals surface area contributed by atoms with Crippen LogP contribution in [-0.4, -0.2) is 59.7 Å². The van der Waals surface area contributed by atoms with Gasteiger partial charge in [-0.1, -0.05) is 6.08 Å². The number of allylic oxidation sites excluding steroid dienone is 2. The van der Waals surface area contributed by atoms with E-state index in [1.165, 1.54) is 18.5 Å². The first-order valence-electron chi connectivity index (χ1n) is 12.2. The molecule has 2 aliphatic heterocycles. The lowest BCUT2D eigenvalue weighted by Gasteiger charge is -2.38. The van der Waals surface area contributed by atoms with E-state index in [-0.39, 0.29) is 24.3 Å². The van der Waals surface area contributed by atoms with Crippen LogP contribution in [0.25, 0.3) is 5.57 Å². The highest BCUT2D eigenvalue weighted by molar-refractivity contribution is 7.92. The molecule has 6 rings (SSSR count). The molecule has 1 spiro atoms. The summed E-state index contributed by atoms with van der Waals surface area (Å²) in [6, 6.07) is 3.01. The smallest absolute Gasteiger partial charge is 0.251 e. The van der Waals surface area contributed by atoms with Crippen LogP contribution >= 0.6 is 0 Å². The van der Waals surface area contributed by atoms with Gasteiger partial charge in [0.2, 0.25) is 0 Å². The van der Waals surface area contributed by atoms with Crippen LogP contribution < -0.4 is 0 Å². The Morgan fingerprint density at radius 1 is 1.16 bits per heavy atom. The molecule has 5 aliphatic rings. The maximum atomic E-state index is 13.6. The van der Waals surface area contributed by atoms with E-state index in [9.17, 15) is 17.2 Å². The average Bonchev–Trinajstić information content (AvgIpc) is 3.13. The third-order valence-corrected chi connectivity index (χ3v) is 10.9. The molecule has 2 unspecified atom stereocenters. The maximum absolute atomic E-state index is 13.6. The van der Waals surface area contributed by atoms with Crippen molar-refractivity contribution in [1.82, 2.24) is 14.7 Å². The molecule has 2 saturated carbocycles. The Bertz CT molecular complexity index is 1050. The molecule has 5 nitrogen and oxygen atoms in total. The first-order chi connectivity index (χ1) is 15.0.